The minimum atomic E-state index is -0.259. The van der Waals surface area contributed by atoms with Crippen molar-refractivity contribution in [3.63, 3.8) is 0 Å². The molecule has 1 heterocycles. The first-order valence-corrected chi connectivity index (χ1v) is 7.48. The van der Waals surface area contributed by atoms with Crippen LogP contribution in [0, 0.1) is 16.7 Å². The van der Waals surface area contributed by atoms with E-state index in [1.807, 2.05) is 0 Å². The van der Waals surface area contributed by atoms with Gasteiger partial charge in [0.15, 0.2) is 5.82 Å². The lowest BCUT2D eigenvalue weighted by Gasteiger charge is -2.31. The van der Waals surface area contributed by atoms with Crippen LogP contribution in [0.4, 0.5) is 0 Å². The van der Waals surface area contributed by atoms with Crippen LogP contribution in [0.1, 0.15) is 38.4 Å². The van der Waals surface area contributed by atoms with Gasteiger partial charge < -0.3 is 16.0 Å². The topological polar surface area (TPSA) is 114 Å². The van der Waals surface area contributed by atoms with Crippen molar-refractivity contribution in [3.05, 3.63) is 23.8 Å². The van der Waals surface area contributed by atoms with Gasteiger partial charge in [0.1, 0.15) is 11.0 Å². The third-order valence-corrected chi connectivity index (χ3v) is 4.10. The largest absolute Gasteiger partial charge is 0.384 e. The van der Waals surface area contributed by atoms with Crippen LogP contribution in [-0.4, -0.2) is 27.0 Å². The molecule has 1 aromatic rings. The maximum absolute atomic E-state index is 7.70. The van der Waals surface area contributed by atoms with Gasteiger partial charge in [-0.05, 0) is 18.8 Å². The Hall–Kier alpha value is -1.82. The molecule has 0 aliphatic heterocycles. The first-order chi connectivity index (χ1) is 10.0. The Morgan fingerprint density at radius 2 is 2.14 bits per heavy atom. The third kappa shape index (κ3) is 3.64. The first-order valence-electron chi connectivity index (χ1n) is 7.10. The van der Waals surface area contributed by atoms with Gasteiger partial charge in [-0.3, -0.25) is 10.8 Å². The number of rotatable bonds is 5. The molecule has 0 amide bonds. The molecule has 114 valence electrons. The van der Waals surface area contributed by atoms with E-state index in [1.165, 1.54) is 12.8 Å². The van der Waals surface area contributed by atoms with Crippen molar-refractivity contribution in [1.82, 2.24) is 15.3 Å². The third-order valence-electron chi connectivity index (χ3n) is 3.92. The predicted molar refractivity (Wildman–Crippen MR) is 85.6 cm³/mol. The predicted octanol–water partition coefficient (Wildman–Crippen LogP) is 2.44. The normalized spacial score (nSPS) is 23.3. The zero-order chi connectivity index (χ0) is 15.4. The average molecular weight is 309 g/mol. The van der Waals surface area contributed by atoms with Crippen molar-refractivity contribution in [2.24, 2.45) is 11.7 Å². The summed E-state index contributed by atoms with van der Waals surface area (Å²) in [5.41, 5.74) is 6.32. The van der Waals surface area contributed by atoms with Crippen molar-refractivity contribution in [3.8, 4) is 0 Å². The van der Waals surface area contributed by atoms with Crippen LogP contribution in [0.15, 0.2) is 18.0 Å². The fraction of sp³-hybridized carbons (Fsp3) is 0.500. The van der Waals surface area contributed by atoms with Crippen LogP contribution >= 0.6 is 11.6 Å². The molecular formula is C14H21ClN6. The van der Waals surface area contributed by atoms with Crippen LogP contribution in [0.3, 0.4) is 0 Å². The van der Waals surface area contributed by atoms with Crippen LogP contribution in [0.5, 0.6) is 0 Å². The Morgan fingerprint density at radius 3 is 2.67 bits per heavy atom. The number of nitrogens with one attached hydrogen (secondary N) is 4. The van der Waals surface area contributed by atoms with E-state index >= 15 is 0 Å². The quantitative estimate of drug-likeness (QED) is 0.425. The highest BCUT2D eigenvalue weighted by Gasteiger charge is 2.25. The Labute approximate surface area is 129 Å². The Bertz CT molecular complexity index is 532. The minimum absolute atomic E-state index is 0.185. The molecule has 0 bridgehead atoms. The Kier molecular flexibility index (Phi) is 5.01. The molecule has 0 aromatic carbocycles. The maximum atomic E-state index is 7.70. The van der Waals surface area contributed by atoms with Gasteiger partial charge in [-0.15, -0.1) is 0 Å². The maximum Gasteiger partial charge on any atom is 0.154 e. The van der Waals surface area contributed by atoms with Crippen LogP contribution in [0.2, 0.25) is 0 Å². The zero-order valence-electron chi connectivity index (χ0n) is 12.0. The second kappa shape index (κ2) is 6.76. The summed E-state index contributed by atoms with van der Waals surface area (Å²) in [4.78, 5) is 7.20. The van der Waals surface area contributed by atoms with E-state index in [0.717, 1.165) is 12.8 Å². The van der Waals surface area contributed by atoms with Crippen molar-refractivity contribution in [1.29, 1.82) is 10.8 Å². The highest BCUT2D eigenvalue weighted by atomic mass is 35.5. The van der Waals surface area contributed by atoms with E-state index in [9.17, 15) is 0 Å². The number of aromatic nitrogens is 2. The number of nitrogens with two attached hydrogens (primary N) is 1. The van der Waals surface area contributed by atoms with Crippen molar-refractivity contribution < 1.29 is 0 Å². The molecule has 6 nitrogen and oxygen atoms in total. The number of aromatic amines is 1. The molecule has 2 rings (SSSR count). The SMILES string of the molecule is CC1CCCCC1N/C(=C(\C(=N)N)C(=N)Cl)c1ncc[nH]1. The van der Waals surface area contributed by atoms with Crippen LogP contribution in [-0.2, 0) is 0 Å². The average Bonchev–Trinajstić information content (AvgIpc) is 2.93. The number of amidine groups is 1. The second-order valence-electron chi connectivity index (χ2n) is 5.43. The first kappa shape index (κ1) is 15.6. The van der Waals surface area contributed by atoms with Gasteiger partial charge in [0.25, 0.3) is 0 Å². The molecular weight excluding hydrogens is 288 g/mol. The molecule has 1 saturated carbocycles. The molecule has 0 saturated heterocycles. The van der Waals surface area contributed by atoms with E-state index in [-0.39, 0.29) is 22.6 Å². The van der Waals surface area contributed by atoms with Crippen molar-refractivity contribution in [2.45, 2.75) is 38.6 Å². The lowest BCUT2D eigenvalue weighted by molar-refractivity contribution is 0.305. The monoisotopic (exact) mass is 308 g/mol. The number of hydrogen-bond acceptors (Lipinski definition) is 4. The number of halogens is 1. The molecule has 2 unspecified atom stereocenters. The van der Waals surface area contributed by atoms with E-state index in [4.69, 9.17) is 28.2 Å². The summed E-state index contributed by atoms with van der Waals surface area (Å²) in [6.45, 7) is 2.20. The zero-order valence-corrected chi connectivity index (χ0v) is 12.8. The number of hydrogen-bond donors (Lipinski definition) is 5. The summed E-state index contributed by atoms with van der Waals surface area (Å²) in [7, 11) is 0. The summed E-state index contributed by atoms with van der Waals surface area (Å²) in [5, 5.41) is 18.5. The summed E-state index contributed by atoms with van der Waals surface area (Å²) >= 11 is 5.83. The van der Waals surface area contributed by atoms with E-state index in [1.54, 1.807) is 12.4 Å². The highest BCUT2D eigenvalue weighted by Crippen LogP contribution is 2.26. The fourth-order valence-corrected chi connectivity index (χ4v) is 2.94. The second-order valence-corrected chi connectivity index (χ2v) is 5.81. The van der Waals surface area contributed by atoms with E-state index in [0.29, 0.717) is 17.4 Å². The minimum Gasteiger partial charge on any atom is -0.384 e. The lowest BCUT2D eigenvalue weighted by atomic mass is 9.85. The Morgan fingerprint density at radius 1 is 1.43 bits per heavy atom. The van der Waals surface area contributed by atoms with Crippen molar-refractivity contribution >= 4 is 28.3 Å². The van der Waals surface area contributed by atoms with Gasteiger partial charge in [0.2, 0.25) is 0 Å². The van der Waals surface area contributed by atoms with Gasteiger partial charge >= 0.3 is 0 Å². The molecule has 1 aromatic heterocycles. The number of nitrogens with zero attached hydrogens (tertiary/aromatic N) is 1. The molecule has 2 atom stereocenters. The number of H-pyrrole nitrogens is 1. The van der Waals surface area contributed by atoms with E-state index in [2.05, 4.69) is 22.2 Å². The van der Waals surface area contributed by atoms with Crippen LogP contribution < -0.4 is 11.1 Å². The summed E-state index contributed by atoms with van der Waals surface area (Å²) in [6, 6.07) is 0.268. The smallest absolute Gasteiger partial charge is 0.154 e. The van der Waals surface area contributed by atoms with Crippen molar-refractivity contribution in [2.75, 3.05) is 0 Å². The fourth-order valence-electron chi connectivity index (χ4n) is 2.74. The molecule has 6 N–H and O–H groups in total. The molecule has 21 heavy (non-hydrogen) atoms. The standard InChI is InChI=1S/C14H21ClN6/c1-8-4-2-3-5-9(8)21-11(14-19-6-7-20-14)10(12(15)16)13(17)18/h6-9,16,21H,2-5H2,1H3,(H3,17,18)(H,19,20)/b11-10-,16-12?. The van der Waals surface area contributed by atoms with Gasteiger partial charge in [0.05, 0.1) is 11.3 Å². The molecule has 7 heteroatoms. The van der Waals surface area contributed by atoms with Gasteiger partial charge in [0, 0.05) is 18.4 Å². The molecule has 0 spiro atoms. The lowest BCUT2D eigenvalue weighted by Crippen LogP contribution is -2.38. The Balaban J connectivity index is 2.39. The van der Waals surface area contributed by atoms with Crippen LogP contribution in [0.25, 0.3) is 5.70 Å². The van der Waals surface area contributed by atoms with E-state index < -0.39 is 0 Å². The van der Waals surface area contributed by atoms with Gasteiger partial charge in [-0.1, -0.05) is 31.4 Å². The summed E-state index contributed by atoms with van der Waals surface area (Å²) in [5.74, 6) is 0.821. The molecule has 1 aliphatic rings. The molecule has 1 fully saturated rings. The highest BCUT2D eigenvalue weighted by molar-refractivity contribution is 6.72. The summed E-state index contributed by atoms with van der Waals surface area (Å²) < 4.78 is 0. The van der Waals surface area contributed by atoms with Gasteiger partial charge in [-0.25, -0.2) is 4.98 Å². The summed E-state index contributed by atoms with van der Waals surface area (Å²) in [6.07, 6.45) is 7.93. The van der Waals surface area contributed by atoms with Gasteiger partial charge in [-0.2, -0.15) is 0 Å². The molecule has 0 radical (unpaired) electrons. The molecule has 1 aliphatic carbocycles. The number of imidazole rings is 1.